The Kier molecular flexibility index (Phi) is 16.6. The molecule has 11 heteroatoms. The van der Waals surface area contributed by atoms with E-state index in [1.807, 2.05) is 40.7 Å². The van der Waals surface area contributed by atoms with Crippen LogP contribution in [-0.2, 0) is 23.7 Å². The van der Waals surface area contributed by atoms with Crippen LogP contribution in [0.4, 0.5) is 4.79 Å². The van der Waals surface area contributed by atoms with Gasteiger partial charge in [-0.3, -0.25) is 4.79 Å². The summed E-state index contributed by atoms with van der Waals surface area (Å²) in [5.41, 5.74) is -1.37. The molecular weight excluding hydrogens is 604 g/mol. The molecule has 0 spiro atoms. The molecule has 0 aromatic heterocycles. The zero-order chi connectivity index (χ0) is 35.4. The molecule has 2 rings (SSSR count). The molecule has 270 valence electrons. The van der Waals surface area contributed by atoms with Crippen molar-refractivity contribution < 1.29 is 43.9 Å². The number of epoxide rings is 1. The normalized spacial score (nSPS) is 31.8. The van der Waals surface area contributed by atoms with Gasteiger partial charge in [0.15, 0.2) is 6.10 Å². The fraction of sp³-hybridized carbons (Fsp3) is 0.778. The maximum Gasteiger partial charge on any atom is 0.407 e. The van der Waals surface area contributed by atoms with Crippen molar-refractivity contribution in [2.75, 3.05) is 33.3 Å². The Bertz CT molecular complexity index is 1070. The molecule has 1 fully saturated rings. The molecular formula is C36H62N2O9. The topological polar surface area (TPSA) is 150 Å². The summed E-state index contributed by atoms with van der Waals surface area (Å²) in [5.74, 6) is -0.855. The number of amides is 1. The lowest BCUT2D eigenvalue weighted by atomic mass is 9.88. The van der Waals surface area contributed by atoms with Crippen molar-refractivity contribution in [2.24, 2.45) is 11.8 Å². The molecule has 10 unspecified atom stereocenters. The van der Waals surface area contributed by atoms with E-state index in [9.17, 15) is 24.9 Å². The Labute approximate surface area is 282 Å². The summed E-state index contributed by atoms with van der Waals surface area (Å²) < 4.78 is 23.4. The Morgan fingerprint density at radius 1 is 1.28 bits per heavy atom. The van der Waals surface area contributed by atoms with E-state index in [1.165, 1.54) is 0 Å². The Morgan fingerprint density at radius 3 is 2.57 bits per heavy atom. The summed E-state index contributed by atoms with van der Waals surface area (Å²) in [7, 11) is 1.54. The number of cyclic esters (lactones) is 1. The van der Waals surface area contributed by atoms with Gasteiger partial charge in [0.2, 0.25) is 0 Å². The summed E-state index contributed by atoms with van der Waals surface area (Å²) in [6.45, 7) is 18.2. The van der Waals surface area contributed by atoms with Gasteiger partial charge in [-0.05, 0) is 64.8 Å². The van der Waals surface area contributed by atoms with E-state index in [-0.39, 0.29) is 36.9 Å². The minimum atomic E-state index is -1.15. The maximum atomic E-state index is 12.9. The highest BCUT2D eigenvalue weighted by Crippen LogP contribution is 2.37. The maximum absolute atomic E-state index is 12.9. The van der Waals surface area contributed by atoms with Gasteiger partial charge in [0.25, 0.3) is 0 Å². The van der Waals surface area contributed by atoms with Crippen LogP contribution in [0.5, 0.6) is 0 Å². The van der Waals surface area contributed by atoms with Crippen molar-refractivity contribution in [3.05, 3.63) is 36.0 Å². The van der Waals surface area contributed by atoms with Gasteiger partial charge in [-0.15, -0.1) is 0 Å². The van der Waals surface area contributed by atoms with Gasteiger partial charge >= 0.3 is 12.1 Å². The highest BCUT2D eigenvalue weighted by molar-refractivity contribution is 5.70. The van der Waals surface area contributed by atoms with Gasteiger partial charge in [-0.1, -0.05) is 58.9 Å². The number of hydrogen-bond acceptors (Lipinski definition) is 10. The summed E-state index contributed by atoms with van der Waals surface area (Å²) in [4.78, 5) is 27.9. The second kappa shape index (κ2) is 19.0. The molecule has 0 aliphatic carbocycles. The van der Waals surface area contributed by atoms with Crippen molar-refractivity contribution in [1.29, 1.82) is 0 Å². The molecule has 11 nitrogen and oxygen atoms in total. The monoisotopic (exact) mass is 666 g/mol. The molecule has 4 N–H and O–H groups in total. The zero-order valence-electron chi connectivity index (χ0n) is 30.1. The number of methoxy groups -OCH3 is 1. The van der Waals surface area contributed by atoms with Crippen LogP contribution in [-0.4, -0.2) is 113 Å². The smallest absolute Gasteiger partial charge is 0.407 e. The van der Waals surface area contributed by atoms with Crippen LogP contribution in [0.25, 0.3) is 0 Å². The third-order valence-corrected chi connectivity index (χ3v) is 9.64. The van der Waals surface area contributed by atoms with E-state index >= 15 is 0 Å². The molecule has 2 aliphatic rings. The quantitative estimate of drug-likeness (QED) is 0.0863. The molecule has 10 atom stereocenters. The van der Waals surface area contributed by atoms with Gasteiger partial charge in [0, 0.05) is 38.5 Å². The molecule has 0 saturated carbocycles. The number of hydrogen-bond donors (Lipinski definition) is 4. The Hall–Kier alpha value is -2.28. The predicted octanol–water partition coefficient (Wildman–Crippen LogP) is 4.30. The van der Waals surface area contributed by atoms with Crippen molar-refractivity contribution in [3.63, 3.8) is 0 Å². The lowest BCUT2D eigenvalue weighted by Crippen LogP contribution is -2.46. The van der Waals surface area contributed by atoms with E-state index in [0.717, 1.165) is 18.7 Å². The second-order valence-electron chi connectivity index (χ2n) is 13.7. The number of ether oxygens (including phenoxy) is 4. The number of likely N-dealkylation sites (N-methyl/N-ethyl adjacent to an activating group) is 1. The van der Waals surface area contributed by atoms with Crippen LogP contribution in [0, 0.1) is 11.8 Å². The second-order valence-corrected chi connectivity index (χ2v) is 13.7. The molecule has 0 bridgehead atoms. The lowest BCUT2D eigenvalue weighted by molar-refractivity contribution is -0.151. The van der Waals surface area contributed by atoms with Crippen LogP contribution in [0.1, 0.15) is 87.5 Å². The highest BCUT2D eigenvalue weighted by atomic mass is 16.6. The number of aliphatic hydroxyl groups excluding tert-OH is 2. The van der Waals surface area contributed by atoms with Crippen molar-refractivity contribution in [3.8, 4) is 0 Å². The summed E-state index contributed by atoms with van der Waals surface area (Å²) in [6, 6.07) is 0. The fourth-order valence-corrected chi connectivity index (χ4v) is 6.02. The van der Waals surface area contributed by atoms with Gasteiger partial charge in [-0.2, -0.15) is 0 Å². The van der Waals surface area contributed by atoms with E-state index in [4.69, 9.17) is 18.9 Å². The third-order valence-electron chi connectivity index (χ3n) is 9.64. The van der Waals surface area contributed by atoms with Gasteiger partial charge < -0.3 is 44.5 Å². The number of nitrogens with zero attached hydrogens (tertiary/aromatic N) is 1. The van der Waals surface area contributed by atoms with E-state index in [0.29, 0.717) is 32.4 Å². The molecule has 0 aromatic rings. The SMILES string of the molecule is CCC(O)C(C)C1OC1CC(C)(O)C=CC=C(C)C1OC(=O)CC(O)CCC(C)(OC)C(OC(=O)NCCN(CC)CC)C=CC1C. The minimum Gasteiger partial charge on any atom is -0.457 e. The van der Waals surface area contributed by atoms with Crippen LogP contribution in [0.15, 0.2) is 36.0 Å². The van der Waals surface area contributed by atoms with E-state index < -0.39 is 47.7 Å². The van der Waals surface area contributed by atoms with Crippen molar-refractivity contribution >= 4 is 12.1 Å². The number of carbonyl (C=O) groups is 2. The minimum absolute atomic E-state index is 0.00514. The van der Waals surface area contributed by atoms with Crippen molar-refractivity contribution in [1.82, 2.24) is 10.2 Å². The Morgan fingerprint density at radius 2 is 1.96 bits per heavy atom. The van der Waals surface area contributed by atoms with Gasteiger partial charge in [0.1, 0.15) is 11.7 Å². The Balaban J connectivity index is 2.22. The number of alkyl carbamates (subject to hydrolysis) is 1. The molecule has 2 heterocycles. The van der Waals surface area contributed by atoms with Crippen LogP contribution >= 0.6 is 0 Å². The summed E-state index contributed by atoms with van der Waals surface area (Å²) >= 11 is 0. The third kappa shape index (κ3) is 13.3. The van der Waals surface area contributed by atoms with E-state index in [2.05, 4.69) is 24.1 Å². The zero-order valence-corrected chi connectivity index (χ0v) is 30.1. The first-order valence-corrected chi connectivity index (χ1v) is 17.3. The lowest BCUT2D eigenvalue weighted by Gasteiger charge is -2.36. The molecule has 2 aliphatic heterocycles. The predicted molar refractivity (Wildman–Crippen MR) is 182 cm³/mol. The first kappa shape index (κ1) is 40.9. The molecule has 1 amide bonds. The first-order chi connectivity index (χ1) is 22.1. The number of aliphatic hydroxyl groups is 3. The molecule has 47 heavy (non-hydrogen) atoms. The first-order valence-electron chi connectivity index (χ1n) is 17.3. The number of esters is 1. The number of nitrogens with one attached hydrogen (secondary N) is 1. The number of rotatable bonds is 15. The number of allylic oxidation sites excluding steroid dienone is 2. The average molecular weight is 667 g/mol. The summed E-state index contributed by atoms with van der Waals surface area (Å²) in [5, 5.41) is 34.7. The van der Waals surface area contributed by atoms with Crippen LogP contribution in [0.3, 0.4) is 0 Å². The highest BCUT2D eigenvalue weighted by Gasteiger charge is 2.47. The fourth-order valence-electron chi connectivity index (χ4n) is 6.02. The summed E-state index contributed by atoms with van der Waals surface area (Å²) in [6.07, 6.45) is 6.65. The molecule has 0 radical (unpaired) electrons. The van der Waals surface area contributed by atoms with Crippen LogP contribution < -0.4 is 5.32 Å². The van der Waals surface area contributed by atoms with E-state index in [1.54, 1.807) is 38.3 Å². The molecule has 1 saturated heterocycles. The van der Waals surface area contributed by atoms with Gasteiger partial charge in [-0.25, -0.2) is 4.79 Å². The number of carbonyl (C=O) groups excluding carboxylic acids is 2. The van der Waals surface area contributed by atoms with Crippen molar-refractivity contribution in [2.45, 2.75) is 135 Å². The largest absolute Gasteiger partial charge is 0.457 e. The average Bonchev–Trinajstić information content (AvgIpc) is 3.79. The van der Waals surface area contributed by atoms with Crippen LogP contribution in [0.2, 0.25) is 0 Å². The van der Waals surface area contributed by atoms with Gasteiger partial charge in [0.05, 0.1) is 36.4 Å². The standard InChI is InChI=1S/C36H62N2O9/c1-10-28(40)26(6)33-29(45-33)23-35(7,43)18-13-14-24(4)32-25(5)15-16-30(46-34(42)37-20-21-38(11-2)12-3)36(8,44-9)19-17-27(39)22-31(41)47-32/h13-16,18,25-30,32-33,39-40,43H,10-12,17,19-23H2,1-9H3,(H,37,42). The molecule has 0 aromatic carbocycles.